The number of sulfone groups is 1. The van der Waals surface area contributed by atoms with Crippen molar-refractivity contribution in [3.63, 3.8) is 0 Å². The third kappa shape index (κ3) is 3.19. The van der Waals surface area contributed by atoms with Gasteiger partial charge in [0.1, 0.15) is 5.78 Å². The first-order chi connectivity index (χ1) is 8.47. The summed E-state index contributed by atoms with van der Waals surface area (Å²) in [6.45, 7) is 1.94. The summed E-state index contributed by atoms with van der Waals surface area (Å²) >= 11 is 0. The van der Waals surface area contributed by atoms with Gasteiger partial charge in [-0.1, -0.05) is 29.8 Å². The highest BCUT2D eigenvalue weighted by molar-refractivity contribution is 7.91. The average Bonchev–Trinajstić information content (AvgIpc) is 2.28. The van der Waals surface area contributed by atoms with Gasteiger partial charge in [0, 0.05) is 12.8 Å². The molecule has 0 heterocycles. The molecule has 1 aliphatic carbocycles. The molecule has 0 aromatic heterocycles. The highest BCUT2D eigenvalue weighted by Crippen LogP contribution is 2.24. The minimum atomic E-state index is -3.21. The summed E-state index contributed by atoms with van der Waals surface area (Å²) in [6.07, 6.45) is 2.07. The van der Waals surface area contributed by atoms with E-state index in [0.29, 0.717) is 19.3 Å². The van der Waals surface area contributed by atoms with Crippen LogP contribution in [0.5, 0.6) is 0 Å². The molecule has 1 fully saturated rings. The van der Waals surface area contributed by atoms with E-state index < -0.39 is 15.1 Å². The zero-order valence-electron chi connectivity index (χ0n) is 10.6. The maximum absolute atomic E-state index is 12.3. The molecule has 0 radical (unpaired) electrons. The standard InChI is InChI=1S/C14H18O3S/c1-11-4-2-5-12(8-11)10-18(16,17)14-7-3-6-13(15)9-14/h2,4-5,8,14H,3,6-7,9-10H2,1H3. The number of benzene rings is 1. The molecule has 98 valence electrons. The molecule has 0 saturated heterocycles. The first-order valence-corrected chi connectivity index (χ1v) is 7.98. The minimum absolute atomic E-state index is 0.0482. The molecule has 1 unspecified atom stereocenters. The molecule has 0 bridgehead atoms. The van der Waals surface area contributed by atoms with E-state index in [1.54, 1.807) is 0 Å². The third-order valence-electron chi connectivity index (χ3n) is 3.40. The number of aryl methyl sites for hydroxylation is 1. The van der Waals surface area contributed by atoms with E-state index in [-0.39, 0.29) is 18.0 Å². The molecule has 18 heavy (non-hydrogen) atoms. The summed E-state index contributed by atoms with van der Waals surface area (Å²) in [4.78, 5) is 11.4. The molecule has 0 amide bonds. The summed E-state index contributed by atoms with van der Waals surface area (Å²) in [5, 5.41) is -0.473. The Labute approximate surface area is 108 Å². The van der Waals surface area contributed by atoms with Crippen molar-refractivity contribution in [3.05, 3.63) is 35.4 Å². The molecule has 2 rings (SSSR count). The summed E-state index contributed by atoms with van der Waals surface area (Å²) in [5.41, 5.74) is 1.87. The maximum atomic E-state index is 12.3. The van der Waals surface area contributed by atoms with Crippen LogP contribution >= 0.6 is 0 Å². The SMILES string of the molecule is Cc1cccc(CS(=O)(=O)C2CCCC(=O)C2)c1. The van der Waals surface area contributed by atoms with Gasteiger partial charge in [0.25, 0.3) is 0 Å². The van der Waals surface area contributed by atoms with Crippen molar-refractivity contribution < 1.29 is 13.2 Å². The van der Waals surface area contributed by atoms with Crippen LogP contribution in [0.4, 0.5) is 0 Å². The van der Waals surface area contributed by atoms with Gasteiger partial charge in [-0.15, -0.1) is 0 Å². The molecule has 1 aromatic carbocycles. The number of rotatable bonds is 3. The predicted molar refractivity (Wildman–Crippen MR) is 71.1 cm³/mol. The Morgan fingerprint density at radius 2 is 2.11 bits per heavy atom. The second-order valence-electron chi connectivity index (χ2n) is 5.05. The average molecular weight is 266 g/mol. The topological polar surface area (TPSA) is 51.2 Å². The summed E-state index contributed by atoms with van der Waals surface area (Å²) in [5.74, 6) is 0.131. The lowest BCUT2D eigenvalue weighted by Gasteiger charge is -2.21. The van der Waals surface area contributed by atoms with E-state index in [1.807, 2.05) is 31.2 Å². The van der Waals surface area contributed by atoms with Gasteiger partial charge in [0.2, 0.25) is 0 Å². The van der Waals surface area contributed by atoms with Gasteiger partial charge >= 0.3 is 0 Å². The van der Waals surface area contributed by atoms with Gasteiger partial charge in [-0.3, -0.25) is 4.79 Å². The van der Waals surface area contributed by atoms with Crippen molar-refractivity contribution in [1.29, 1.82) is 0 Å². The van der Waals surface area contributed by atoms with Crippen LogP contribution in [-0.2, 0) is 20.4 Å². The zero-order chi connectivity index (χ0) is 13.2. The number of ketones is 1. The molecule has 1 saturated carbocycles. The molecule has 0 spiro atoms. The molecular formula is C14H18O3S. The van der Waals surface area contributed by atoms with Gasteiger partial charge in [-0.25, -0.2) is 8.42 Å². The summed E-state index contributed by atoms with van der Waals surface area (Å²) in [7, 11) is -3.21. The van der Waals surface area contributed by atoms with Crippen molar-refractivity contribution in [2.75, 3.05) is 0 Å². The maximum Gasteiger partial charge on any atom is 0.157 e. The number of Topliss-reactive ketones (excluding diaryl/α,β-unsaturated/α-hetero) is 1. The molecule has 3 nitrogen and oxygen atoms in total. The lowest BCUT2D eigenvalue weighted by Crippen LogP contribution is -2.29. The van der Waals surface area contributed by atoms with E-state index in [0.717, 1.165) is 11.1 Å². The molecule has 0 N–H and O–H groups in total. The Balaban J connectivity index is 2.14. The minimum Gasteiger partial charge on any atom is -0.300 e. The fourth-order valence-corrected chi connectivity index (χ4v) is 4.29. The van der Waals surface area contributed by atoms with Gasteiger partial charge in [-0.05, 0) is 25.3 Å². The van der Waals surface area contributed by atoms with Crippen LogP contribution in [0.3, 0.4) is 0 Å². The fourth-order valence-electron chi connectivity index (χ4n) is 2.44. The van der Waals surface area contributed by atoms with Gasteiger partial charge in [-0.2, -0.15) is 0 Å². The van der Waals surface area contributed by atoms with Crippen LogP contribution in [-0.4, -0.2) is 19.5 Å². The fraction of sp³-hybridized carbons (Fsp3) is 0.500. The molecule has 1 aromatic rings. The van der Waals surface area contributed by atoms with Crippen molar-refractivity contribution in [2.24, 2.45) is 0 Å². The Bertz CT molecular complexity index is 546. The van der Waals surface area contributed by atoms with Crippen molar-refractivity contribution in [3.8, 4) is 0 Å². The molecular weight excluding hydrogens is 248 g/mol. The summed E-state index contributed by atoms with van der Waals surface area (Å²) in [6, 6.07) is 7.53. The zero-order valence-corrected chi connectivity index (χ0v) is 11.4. The van der Waals surface area contributed by atoms with E-state index in [4.69, 9.17) is 0 Å². The van der Waals surface area contributed by atoms with Gasteiger partial charge < -0.3 is 0 Å². The normalized spacial score (nSPS) is 20.9. The lowest BCUT2D eigenvalue weighted by molar-refractivity contribution is -0.120. The van der Waals surface area contributed by atoms with Crippen LogP contribution < -0.4 is 0 Å². The first kappa shape index (κ1) is 13.3. The Kier molecular flexibility index (Phi) is 3.85. The number of hydrogen-bond acceptors (Lipinski definition) is 3. The van der Waals surface area contributed by atoms with Crippen LogP contribution in [0.2, 0.25) is 0 Å². The van der Waals surface area contributed by atoms with Crippen LogP contribution in [0.1, 0.15) is 36.8 Å². The second-order valence-corrected chi connectivity index (χ2v) is 7.33. The van der Waals surface area contributed by atoms with Crippen molar-refractivity contribution >= 4 is 15.6 Å². The van der Waals surface area contributed by atoms with Crippen molar-refractivity contribution in [2.45, 2.75) is 43.6 Å². The molecule has 1 aliphatic rings. The van der Waals surface area contributed by atoms with E-state index >= 15 is 0 Å². The Morgan fingerprint density at radius 3 is 2.78 bits per heavy atom. The molecule has 1 atom stereocenters. The highest BCUT2D eigenvalue weighted by Gasteiger charge is 2.30. The van der Waals surface area contributed by atoms with Gasteiger partial charge in [0.15, 0.2) is 9.84 Å². The van der Waals surface area contributed by atoms with Gasteiger partial charge in [0.05, 0.1) is 11.0 Å². The monoisotopic (exact) mass is 266 g/mol. The summed E-state index contributed by atoms with van der Waals surface area (Å²) < 4.78 is 24.5. The Morgan fingerprint density at radius 1 is 1.33 bits per heavy atom. The van der Waals surface area contributed by atoms with E-state index in [1.165, 1.54) is 0 Å². The third-order valence-corrected chi connectivity index (χ3v) is 5.55. The number of carbonyl (C=O) groups is 1. The number of hydrogen-bond donors (Lipinski definition) is 0. The molecule has 4 heteroatoms. The van der Waals surface area contributed by atoms with E-state index in [2.05, 4.69) is 0 Å². The smallest absolute Gasteiger partial charge is 0.157 e. The van der Waals surface area contributed by atoms with Crippen molar-refractivity contribution in [1.82, 2.24) is 0 Å². The predicted octanol–water partition coefficient (Wildman–Crippen LogP) is 2.42. The lowest BCUT2D eigenvalue weighted by atomic mass is 9.99. The quantitative estimate of drug-likeness (QED) is 0.844. The largest absolute Gasteiger partial charge is 0.300 e. The number of carbonyl (C=O) groups excluding carboxylic acids is 1. The van der Waals surface area contributed by atoms with E-state index in [9.17, 15) is 13.2 Å². The molecule has 0 aliphatic heterocycles. The first-order valence-electron chi connectivity index (χ1n) is 6.26. The van der Waals surface area contributed by atoms with Crippen LogP contribution in [0, 0.1) is 6.92 Å². The van der Waals surface area contributed by atoms with Crippen LogP contribution in [0.25, 0.3) is 0 Å². The van der Waals surface area contributed by atoms with Crippen LogP contribution in [0.15, 0.2) is 24.3 Å². The highest BCUT2D eigenvalue weighted by atomic mass is 32.2. The Hall–Kier alpha value is -1.16. The second kappa shape index (κ2) is 5.22.